The van der Waals surface area contributed by atoms with Gasteiger partial charge >= 0.3 is 5.97 Å². The highest BCUT2D eigenvalue weighted by Gasteiger charge is 2.35. The molecule has 2 N–H and O–H groups in total. The zero-order chi connectivity index (χ0) is 16.3. The molecule has 0 saturated heterocycles. The van der Waals surface area contributed by atoms with Crippen molar-refractivity contribution in [1.29, 1.82) is 0 Å². The lowest BCUT2D eigenvalue weighted by molar-refractivity contribution is -0.139. The standard InChI is InChI=1S/C14H17F2N3O3/c1-2-19(7-12(20)21)10-4-9(5-10)18-14(22)13-11(16)3-8(15)6-17-13/h3,6,9-10H,2,4-5,7H2,1H3,(H,18,22)(H,20,21). The number of nitrogens with zero attached hydrogens (tertiary/aromatic N) is 2. The molecule has 2 rings (SSSR count). The molecule has 1 aromatic rings. The third-order valence-electron chi connectivity index (χ3n) is 3.73. The minimum atomic E-state index is -1.01. The fourth-order valence-electron chi connectivity index (χ4n) is 2.51. The lowest BCUT2D eigenvalue weighted by Crippen LogP contribution is -2.55. The first kappa shape index (κ1) is 16.3. The van der Waals surface area contributed by atoms with Crippen LogP contribution in [0.3, 0.4) is 0 Å². The third kappa shape index (κ3) is 3.76. The highest BCUT2D eigenvalue weighted by molar-refractivity contribution is 5.92. The molecule has 0 unspecified atom stereocenters. The summed E-state index contributed by atoms with van der Waals surface area (Å²) >= 11 is 0. The Morgan fingerprint density at radius 3 is 2.68 bits per heavy atom. The van der Waals surface area contributed by atoms with Gasteiger partial charge in [-0.05, 0) is 19.4 Å². The van der Waals surface area contributed by atoms with E-state index in [0.717, 1.165) is 6.20 Å². The highest BCUT2D eigenvalue weighted by Crippen LogP contribution is 2.25. The lowest BCUT2D eigenvalue weighted by Gasteiger charge is -2.42. The number of hydrogen-bond acceptors (Lipinski definition) is 4. The van der Waals surface area contributed by atoms with Crippen molar-refractivity contribution >= 4 is 11.9 Å². The zero-order valence-corrected chi connectivity index (χ0v) is 12.1. The molecule has 1 fully saturated rings. The van der Waals surface area contributed by atoms with Gasteiger partial charge in [-0.15, -0.1) is 0 Å². The Bertz CT molecular complexity index is 576. The molecular formula is C14H17F2N3O3. The number of rotatable bonds is 6. The van der Waals surface area contributed by atoms with Crippen LogP contribution in [-0.2, 0) is 4.79 Å². The van der Waals surface area contributed by atoms with E-state index >= 15 is 0 Å². The fourth-order valence-corrected chi connectivity index (χ4v) is 2.51. The molecule has 6 nitrogen and oxygen atoms in total. The van der Waals surface area contributed by atoms with Crippen molar-refractivity contribution in [3.05, 3.63) is 29.6 Å². The molecule has 1 saturated carbocycles. The molecular weight excluding hydrogens is 296 g/mol. The van der Waals surface area contributed by atoms with Crippen LogP contribution in [0.5, 0.6) is 0 Å². The van der Waals surface area contributed by atoms with Gasteiger partial charge < -0.3 is 10.4 Å². The van der Waals surface area contributed by atoms with Crippen LogP contribution < -0.4 is 5.32 Å². The van der Waals surface area contributed by atoms with E-state index in [1.165, 1.54) is 0 Å². The topological polar surface area (TPSA) is 82.5 Å². The minimum Gasteiger partial charge on any atom is -0.480 e. The van der Waals surface area contributed by atoms with E-state index in [2.05, 4.69) is 10.3 Å². The summed E-state index contributed by atoms with van der Waals surface area (Å²) < 4.78 is 26.2. The van der Waals surface area contributed by atoms with Gasteiger partial charge in [-0.3, -0.25) is 14.5 Å². The first-order chi connectivity index (χ1) is 10.4. The van der Waals surface area contributed by atoms with Crippen LogP contribution in [0.15, 0.2) is 12.3 Å². The molecule has 8 heteroatoms. The van der Waals surface area contributed by atoms with Crippen molar-refractivity contribution < 1.29 is 23.5 Å². The van der Waals surface area contributed by atoms with E-state index in [0.29, 0.717) is 25.5 Å². The van der Waals surface area contributed by atoms with E-state index in [9.17, 15) is 18.4 Å². The first-order valence-electron chi connectivity index (χ1n) is 6.98. The molecule has 0 atom stereocenters. The molecule has 1 aliphatic rings. The first-order valence-corrected chi connectivity index (χ1v) is 6.98. The average Bonchev–Trinajstić information content (AvgIpc) is 2.39. The second-order valence-electron chi connectivity index (χ2n) is 5.24. The quantitative estimate of drug-likeness (QED) is 0.819. The summed E-state index contributed by atoms with van der Waals surface area (Å²) in [5.74, 6) is -3.44. The Morgan fingerprint density at radius 1 is 1.45 bits per heavy atom. The summed E-state index contributed by atoms with van der Waals surface area (Å²) in [4.78, 5) is 27.8. The van der Waals surface area contributed by atoms with Crippen molar-refractivity contribution in [2.24, 2.45) is 0 Å². The van der Waals surface area contributed by atoms with Crippen LogP contribution in [0.2, 0.25) is 0 Å². The van der Waals surface area contributed by atoms with Gasteiger partial charge in [0, 0.05) is 18.2 Å². The average molecular weight is 313 g/mol. The molecule has 0 spiro atoms. The maximum absolute atomic E-state index is 13.4. The number of carbonyl (C=O) groups is 2. The number of carboxylic acids is 1. The van der Waals surface area contributed by atoms with E-state index in [-0.39, 0.29) is 18.6 Å². The Morgan fingerprint density at radius 2 is 2.14 bits per heavy atom. The summed E-state index contributed by atoms with van der Waals surface area (Å²) in [5.41, 5.74) is -0.442. The summed E-state index contributed by atoms with van der Waals surface area (Å²) in [5, 5.41) is 11.4. The van der Waals surface area contributed by atoms with Crippen LogP contribution >= 0.6 is 0 Å². The molecule has 0 aromatic carbocycles. The van der Waals surface area contributed by atoms with Gasteiger partial charge in [0.2, 0.25) is 0 Å². The van der Waals surface area contributed by atoms with Crippen molar-refractivity contribution in [3.8, 4) is 0 Å². The minimum absolute atomic E-state index is 0.0457. The fraction of sp³-hybridized carbons (Fsp3) is 0.500. The van der Waals surface area contributed by atoms with Crippen LogP contribution in [-0.4, -0.2) is 52.0 Å². The normalized spacial score (nSPS) is 20.5. The zero-order valence-electron chi connectivity index (χ0n) is 12.1. The Hall–Kier alpha value is -2.09. The number of aromatic nitrogens is 1. The van der Waals surface area contributed by atoms with Crippen molar-refractivity contribution in [2.75, 3.05) is 13.1 Å². The third-order valence-corrected chi connectivity index (χ3v) is 3.73. The summed E-state index contributed by atoms with van der Waals surface area (Å²) in [6, 6.07) is 0.529. The van der Waals surface area contributed by atoms with Crippen molar-refractivity contribution in [3.63, 3.8) is 0 Å². The Labute approximate surface area is 126 Å². The molecule has 1 heterocycles. The number of halogens is 2. The Kier molecular flexibility index (Phi) is 5.02. The number of hydrogen-bond donors (Lipinski definition) is 2. The number of carbonyl (C=O) groups excluding carboxylic acids is 1. The summed E-state index contributed by atoms with van der Waals surface area (Å²) in [6.45, 7) is 2.43. The van der Waals surface area contributed by atoms with Crippen LogP contribution in [0.25, 0.3) is 0 Å². The van der Waals surface area contributed by atoms with Crippen LogP contribution in [0.4, 0.5) is 8.78 Å². The van der Waals surface area contributed by atoms with Crippen LogP contribution in [0, 0.1) is 11.6 Å². The number of amides is 1. The van der Waals surface area contributed by atoms with Gasteiger partial charge in [-0.1, -0.05) is 6.92 Å². The van der Waals surface area contributed by atoms with E-state index in [4.69, 9.17) is 5.11 Å². The number of nitrogens with one attached hydrogen (secondary N) is 1. The van der Waals surface area contributed by atoms with Gasteiger partial charge in [0.1, 0.15) is 5.82 Å². The molecule has 0 aliphatic heterocycles. The second kappa shape index (κ2) is 6.78. The number of likely N-dealkylation sites (N-methyl/N-ethyl adjacent to an activating group) is 1. The lowest BCUT2D eigenvalue weighted by atomic mass is 9.85. The second-order valence-corrected chi connectivity index (χ2v) is 5.24. The Balaban J connectivity index is 1.86. The van der Waals surface area contributed by atoms with Gasteiger partial charge in [0.15, 0.2) is 11.5 Å². The predicted molar refractivity (Wildman–Crippen MR) is 73.3 cm³/mol. The number of aliphatic carboxylic acids is 1. The molecule has 1 amide bonds. The largest absolute Gasteiger partial charge is 0.480 e. The molecule has 0 radical (unpaired) electrons. The SMILES string of the molecule is CCN(CC(=O)O)C1CC(NC(=O)c2ncc(F)cc2F)C1. The van der Waals surface area contributed by atoms with E-state index < -0.39 is 29.2 Å². The molecule has 1 aliphatic carbocycles. The van der Waals surface area contributed by atoms with Crippen molar-refractivity contribution in [2.45, 2.75) is 31.8 Å². The smallest absolute Gasteiger partial charge is 0.317 e. The van der Waals surface area contributed by atoms with Crippen LogP contribution in [0.1, 0.15) is 30.3 Å². The maximum Gasteiger partial charge on any atom is 0.317 e. The molecule has 22 heavy (non-hydrogen) atoms. The van der Waals surface area contributed by atoms with Gasteiger partial charge in [0.25, 0.3) is 5.91 Å². The van der Waals surface area contributed by atoms with E-state index in [1.807, 2.05) is 11.8 Å². The molecule has 1 aromatic heterocycles. The predicted octanol–water partition coefficient (Wildman–Crippen LogP) is 1.03. The molecule has 120 valence electrons. The van der Waals surface area contributed by atoms with Crippen molar-refractivity contribution in [1.82, 2.24) is 15.2 Å². The maximum atomic E-state index is 13.4. The highest BCUT2D eigenvalue weighted by atomic mass is 19.1. The monoisotopic (exact) mass is 313 g/mol. The molecule has 0 bridgehead atoms. The van der Waals surface area contributed by atoms with E-state index in [1.54, 1.807) is 0 Å². The summed E-state index contributed by atoms with van der Waals surface area (Å²) in [7, 11) is 0. The summed E-state index contributed by atoms with van der Waals surface area (Å²) in [6.07, 6.45) is 1.97. The number of carboxylic acid groups (broad SMARTS) is 1. The number of pyridine rings is 1. The van der Waals surface area contributed by atoms with Gasteiger partial charge in [-0.25, -0.2) is 13.8 Å². The van der Waals surface area contributed by atoms with Gasteiger partial charge in [0.05, 0.1) is 12.7 Å². The van der Waals surface area contributed by atoms with Gasteiger partial charge in [-0.2, -0.15) is 0 Å².